The van der Waals surface area contributed by atoms with Gasteiger partial charge in [-0.15, -0.1) is 0 Å². The first-order valence-electron chi connectivity index (χ1n) is 2.63. The first kappa shape index (κ1) is 5.61. The third-order valence-electron chi connectivity index (χ3n) is 1.11. The lowest BCUT2D eigenvalue weighted by Gasteiger charge is -1.87. The summed E-state index contributed by atoms with van der Waals surface area (Å²) >= 11 is 5.62. The standard InChI is InChI=1S/C5H2ClN4/c6-3-1-4-5(7-2-3)9-10-8-4/h1-2H/q-1. The fourth-order valence-corrected chi connectivity index (χ4v) is 0.837. The Labute approximate surface area is 61.2 Å². The molecule has 0 aliphatic rings. The van der Waals surface area contributed by atoms with Gasteiger partial charge in [0.05, 0.1) is 10.5 Å². The lowest BCUT2D eigenvalue weighted by Crippen LogP contribution is -1.74. The molecule has 2 aromatic rings. The van der Waals surface area contributed by atoms with Gasteiger partial charge in [0.15, 0.2) is 5.65 Å². The Balaban J connectivity index is 2.86. The van der Waals surface area contributed by atoms with Gasteiger partial charge < -0.3 is 15.4 Å². The van der Waals surface area contributed by atoms with Gasteiger partial charge in [0.2, 0.25) is 0 Å². The lowest BCUT2D eigenvalue weighted by atomic mass is 10.4. The topological polar surface area (TPSA) is 52.8 Å². The van der Waals surface area contributed by atoms with E-state index in [0.29, 0.717) is 16.2 Å². The molecule has 2 aromatic heterocycles. The smallest absolute Gasteiger partial charge is 0.158 e. The van der Waals surface area contributed by atoms with Crippen molar-refractivity contribution in [2.45, 2.75) is 0 Å². The molecule has 0 aromatic carbocycles. The van der Waals surface area contributed by atoms with Crippen LogP contribution < -0.4 is 5.21 Å². The Morgan fingerprint density at radius 1 is 1.40 bits per heavy atom. The first-order chi connectivity index (χ1) is 4.86. The van der Waals surface area contributed by atoms with Crippen LogP contribution in [0.3, 0.4) is 0 Å². The van der Waals surface area contributed by atoms with Gasteiger partial charge in [-0.25, -0.2) is 4.98 Å². The second-order valence-electron chi connectivity index (χ2n) is 1.79. The maximum Gasteiger partial charge on any atom is 0.158 e. The van der Waals surface area contributed by atoms with Crippen LogP contribution in [0, 0.1) is 0 Å². The summed E-state index contributed by atoms with van der Waals surface area (Å²) in [5.74, 6) is 0. The van der Waals surface area contributed by atoms with Crippen molar-refractivity contribution in [2.75, 3.05) is 0 Å². The molecule has 4 nitrogen and oxygen atoms in total. The van der Waals surface area contributed by atoms with Crippen molar-refractivity contribution in [1.82, 2.24) is 20.4 Å². The molecule has 0 saturated carbocycles. The van der Waals surface area contributed by atoms with Crippen LogP contribution >= 0.6 is 11.6 Å². The second kappa shape index (κ2) is 1.91. The molecule has 2 heterocycles. The highest BCUT2D eigenvalue weighted by Gasteiger charge is 1.92. The van der Waals surface area contributed by atoms with Crippen LogP contribution in [-0.4, -0.2) is 15.2 Å². The summed E-state index contributed by atoms with van der Waals surface area (Å²) in [6, 6.07) is 1.67. The normalized spacial score (nSPS) is 10.5. The highest BCUT2D eigenvalue weighted by atomic mass is 35.5. The van der Waals surface area contributed by atoms with Crippen LogP contribution in [0.4, 0.5) is 0 Å². The molecule has 0 saturated heterocycles. The zero-order chi connectivity index (χ0) is 6.97. The number of rotatable bonds is 0. The Morgan fingerprint density at radius 2 is 2.30 bits per heavy atom. The minimum atomic E-state index is 0.532. The van der Waals surface area contributed by atoms with Crippen molar-refractivity contribution in [3.05, 3.63) is 17.3 Å². The van der Waals surface area contributed by atoms with E-state index in [1.54, 1.807) is 6.07 Å². The van der Waals surface area contributed by atoms with Crippen LogP contribution in [0.25, 0.3) is 11.2 Å². The van der Waals surface area contributed by atoms with Crippen molar-refractivity contribution >= 4 is 22.8 Å². The largest absolute Gasteiger partial charge is 0.491 e. The van der Waals surface area contributed by atoms with Gasteiger partial charge >= 0.3 is 0 Å². The average Bonchev–Trinajstić information content (AvgIpc) is 2.33. The Kier molecular flexibility index (Phi) is 1.07. The zero-order valence-electron chi connectivity index (χ0n) is 4.82. The highest BCUT2D eigenvalue weighted by Crippen LogP contribution is 2.10. The van der Waals surface area contributed by atoms with Gasteiger partial charge in [-0.05, 0) is 6.07 Å². The van der Waals surface area contributed by atoms with Gasteiger partial charge in [0.25, 0.3) is 0 Å². The van der Waals surface area contributed by atoms with E-state index in [-0.39, 0.29) is 0 Å². The molecule has 0 bridgehead atoms. The third kappa shape index (κ3) is 0.733. The number of hydrogen-bond donors (Lipinski definition) is 0. The predicted octanol–water partition coefficient (Wildman–Crippen LogP) is 0.635. The second-order valence-corrected chi connectivity index (χ2v) is 2.22. The summed E-state index contributed by atoms with van der Waals surface area (Å²) in [5.41, 5.74) is 1.16. The van der Waals surface area contributed by atoms with E-state index in [0.717, 1.165) is 0 Å². The molecule has 0 aliphatic carbocycles. The number of pyridine rings is 1. The minimum absolute atomic E-state index is 0.532. The minimum Gasteiger partial charge on any atom is -0.491 e. The first-order valence-corrected chi connectivity index (χ1v) is 3.01. The fourth-order valence-electron chi connectivity index (χ4n) is 0.685. The Hall–Kier alpha value is -1.16. The van der Waals surface area contributed by atoms with Crippen molar-refractivity contribution in [1.29, 1.82) is 0 Å². The van der Waals surface area contributed by atoms with Crippen LogP contribution in [0.1, 0.15) is 0 Å². The van der Waals surface area contributed by atoms with Gasteiger partial charge in [-0.1, -0.05) is 11.6 Å². The van der Waals surface area contributed by atoms with Crippen LogP contribution in [-0.2, 0) is 0 Å². The number of halogens is 1. The van der Waals surface area contributed by atoms with Crippen molar-refractivity contribution in [3.8, 4) is 0 Å². The maximum absolute atomic E-state index is 5.62. The summed E-state index contributed by atoms with van der Waals surface area (Å²) < 4.78 is 0. The molecule has 0 fully saturated rings. The zero-order valence-corrected chi connectivity index (χ0v) is 5.58. The third-order valence-corrected chi connectivity index (χ3v) is 1.31. The quantitative estimate of drug-likeness (QED) is 0.557. The molecular weight excluding hydrogens is 152 g/mol. The Bertz CT molecular complexity index is 355. The average molecular weight is 154 g/mol. The van der Waals surface area contributed by atoms with Crippen LogP contribution in [0.15, 0.2) is 12.3 Å². The van der Waals surface area contributed by atoms with E-state index in [1.807, 2.05) is 0 Å². The van der Waals surface area contributed by atoms with Crippen molar-refractivity contribution in [2.24, 2.45) is 0 Å². The number of nitrogens with zero attached hydrogens (tertiary/aromatic N) is 4. The SMILES string of the molecule is Clc1cnc2n[n-]nc2c1. The highest BCUT2D eigenvalue weighted by molar-refractivity contribution is 6.30. The van der Waals surface area contributed by atoms with Crippen molar-refractivity contribution < 1.29 is 0 Å². The van der Waals surface area contributed by atoms with E-state index in [1.165, 1.54) is 6.20 Å². The summed E-state index contributed by atoms with van der Waals surface area (Å²) in [6.07, 6.45) is 1.51. The van der Waals surface area contributed by atoms with Crippen molar-refractivity contribution in [3.63, 3.8) is 0 Å². The van der Waals surface area contributed by atoms with E-state index in [2.05, 4.69) is 20.4 Å². The van der Waals surface area contributed by atoms with Gasteiger partial charge in [-0.2, -0.15) is 0 Å². The van der Waals surface area contributed by atoms with E-state index in [9.17, 15) is 0 Å². The molecule has 0 amide bonds. The molecule has 10 heavy (non-hydrogen) atoms. The summed E-state index contributed by atoms with van der Waals surface area (Å²) in [7, 11) is 0. The molecule has 50 valence electrons. The van der Waals surface area contributed by atoms with E-state index < -0.39 is 0 Å². The van der Waals surface area contributed by atoms with E-state index >= 15 is 0 Å². The number of hydrogen-bond acceptors (Lipinski definition) is 3. The number of fused-ring (bicyclic) bond motifs is 1. The van der Waals surface area contributed by atoms with Gasteiger partial charge in [0, 0.05) is 6.20 Å². The number of aromatic nitrogens is 4. The van der Waals surface area contributed by atoms with E-state index in [4.69, 9.17) is 11.6 Å². The molecule has 5 heteroatoms. The van der Waals surface area contributed by atoms with Gasteiger partial charge in [-0.3, -0.25) is 0 Å². The summed E-state index contributed by atoms with van der Waals surface area (Å²) in [4.78, 5) is 3.87. The molecule has 0 N–H and O–H groups in total. The Morgan fingerprint density at radius 3 is 3.20 bits per heavy atom. The van der Waals surface area contributed by atoms with Crippen LogP contribution in [0.5, 0.6) is 0 Å². The summed E-state index contributed by atoms with van der Waals surface area (Å²) in [6.45, 7) is 0. The molecular formula is C5H2ClN4-. The molecule has 0 atom stereocenters. The monoisotopic (exact) mass is 153 g/mol. The maximum atomic E-state index is 5.62. The molecule has 2 rings (SSSR count). The van der Waals surface area contributed by atoms with Crippen LogP contribution in [0.2, 0.25) is 5.02 Å². The fraction of sp³-hybridized carbons (Fsp3) is 0. The molecule has 0 unspecified atom stereocenters. The predicted molar refractivity (Wildman–Crippen MR) is 35.7 cm³/mol. The molecule has 0 spiro atoms. The summed E-state index contributed by atoms with van der Waals surface area (Å²) in [5, 5.41) is 11.3. The molecule has 0 aliphatic heterocycles. The van der Waals surface area contributed by atoms with Gasteiger partial charge in [0.1, 0.15) is 0 Å². The molecule has 0 radical (unpaired) electrons. The lowest BCUT2D eigenvalue weighted by molar-refractivity contribution is 0.924.